The van der Waals surface area contributed by atoms with Crippen molar-refractivity contribution in [2.75, 3.05) is 12.3 Å². The molecule has 25 heavy (non-hydrogen) atoms. The Morgan fingerprint density at radius 1 is 1.32 bits per heavy atom. The van der Waals surface area contributed by atoms with Crippen molar-refractivity contribution >= 4 is 22.8 Å². The van der Waals surface area contributed by atoms with Crippen LogP contribution in [0.4, 0.5) is 4.79 Å². The molecule has 7 heteroatoms. The van der Waals surface area contributed by atoms with E-state index >= 15 is 0 Å². The van der Waals surface area contributed by atoms with Crippen molar-refractivity contribution in [1.29, 1.82) is 0 Å². The van der Waals surface area contributed by atoms with Crippen molar-refractivity contribution in [1.82, 2.24) is 10.2 Å². The Balaban J connectivity index is 2.02. The van der Waals surface area contributed by atoms with E-state index < -0.39 is 16.8 Å². The van der Waals surface area contributed by atoms with Gasteiger partial charge in [0.05, 0.1) is 5.25 Å². The van der Waals surface area contributed by atoms with E-state index in [0.717, 1.165) is 5.56 Å². The van der Waals surface area contributed by atoms with Crippen LogP contribution in [0.25, 0.3) is 0 Å². The topological polar surface area (TPSA) is 86.7 Å². The van der Waals surface area contributed by atoms with Crippen LogP contribution in [0.15, 0.2) is 30.3 Å². The van der Waals surface area contributed by atoms with Gasteiger partial charge in [0.1, 0.15) is 0 Å². The largest absolute Gasteiger partial charge is 0.481 e. The lowest BCUT2D eigenvalue weighted by Gasteiger charge is -2.38. The van der Waals surface area contributed by atoms with Gasteiger partial charge in [-0.05, 0) is 32.3 Å². The van der Waals surface area contributed by atoms with Gasteiger partial charge in [0.2, 0.25) is 0 Å². The molecule has 6 nitrogen and oxygen atoms in total. The first-order valence-electron chi connectivity index (χ1n) is 8.58. The van der Waals surface area contributed by atoms with Crippen molar-refractivity contribution < 1.29 is 18.9 Å². The summed E-state index contributed by atoms with van der Waals surface area (Å²) in [6.07, 6.45) is 0.969. The number of rotatable bonds is 6. The van der Waals surface area contributed by atoms with E-state index in [2.05, 4.69) is 5.32 Å². The smallest absolute Gasteiger partial charge is 0.317 e. The van der Waals surface area contributed by atoms with Gasteiger partial charge >= 0.3 is 12.0 Å². The normalized spacial score (nSPS) is 24.6. The number of hydrogen-bond acceptors (Lipinski definition) is 3. The van der Waals surface area contributed by atoms with Gasteiger partial charge in [0.15, 0.2) is 0 Å². The Bertz CT molecular complexity index is 623. The van der Waals surface area contributed by atoms with Crippen LogP contribution >= 0.6 is 0 Å². The van der Waals surface area contributed by atoms with Crippen LogP contribution in [0.5, 0.6) is 0 Å². The molecule has 2 rings (SSSR count). The molecule has 0 bridgehead atoms. The van der Waals surface area contributed by atoms with Gasteiger partial charge in [-0.1, -0.05) is 30.3 Å². The number of carboxylic acid groups (broad SMARTS) is 1. The fourth-order valence-electron chi connectivity index (χ4n) is 3.02. The average Bonchev–Trinajstić information content (AvgIpc) is 2.58. The molecule has 4 unspecified atom stereocenters. The maximum atomic E-state index is 12.7. The number of hydrogen-bond donors (Lipinski definition) is 2. The minimum absolute atomic E-state index is 0.00769. The molecular formula is C18H26N2O4S. The van der Waals surface area contributed by atoms with Gasteiger partial charge in [-0.25, -0.2) is 4.79 Å². The third-order valence-corrected chi connectivity index (χ3v) is 6.55. The van der Waals surface area contributed by atoms with Gasteiger partial charge in [0, 0.05) is 41.6 Å². The van der Waals surface area contributed by atoms with Gasteiger partial charge < -0.3 is 15.3 Å². The van der Waals surface area contributed by atoms with Crippen LogP contribution in [0, 0.1) is 0 Å². The summed E-state index contributed by atoms with van der Waals surface area (Å²) in [4.78, 5) is 25.3. The molecule has 1 fully saturated rings. The van der Waals surface area contributed by atoms with Crippen molar-refractivity contribution in [3.8, 4) is 0 Å². The number of amides is 2. The minimum atomic E-state index is -0.905. The van der Waals surface area contributed by atoms with E-state index in [1.165, 1.54) is 0 Å². The van der Waals surface area contributed by atoms with E-state index in [1.807, 2.05) is 44.2 Å². The van der Waals surface area contributed by atoms with Crippen LogP contribution < -0.4 is 5.32 Å². The summed E-state index contributed by atoms with van der Waals surface area (Å²) in [6.45, 7) is 4.26. The second-order valence-electron chi connectivity index (χ2n) is 6.49. The van der Waals surface area contributed by atoms with E-state index in [-0.39, 0.29) is 29.8 Å². The van der Waals surface area contributed by atoms with Crippen LogP contribution in [0.1, 0.15) is 32.3 Å². The van der Waals surface area contributed by atoms with E-state index in [1.54, 1.807) is 4.90 Å². The quantitative estimate of drug-likeness (QED) is 0.806. The molecular weight excluding hydrogens is 340 g/mol. The molecule has 1 aromatic rings. The summed E-state index contributed by atoms with van der Waals surface area (Å²) >= 11 is 0. The van der Waals surface area contributed by atoms with E-state index in [4.69, 9.17) is 5.11 Å². The molecule has 138 valence electrons. The highest BCUT2D eigenvalue weighted by atomic mass is 32.2. The summed E-state index contributed by atoms with van der Waals surface area (Å²) in [5.41, 5.74) is 1.05. The standard InChI is InChI=1S/C18H26N2O4S/c1-13-14(2)25(24)11-10-20(13)18(23)19-16(8-9-17(21)22)12-15-6-4-3-5-7-15/h3-7,13-14,16H,8-12H2,1-2H3,(H,19,23)(H,21,22). The Kier molecular flexibility index (Phi) is 6.99. The highest BCUT2D eigenvalue weighted by Crippen LogP contribution is 2.17. The molecule has 2 amide bonds. The Morgan fingerprint density at radius 2 is 2.00 bits per heavy atom. The van der Waals surface area contributed by atoms with Crippen LogP contribution in [-0.4, -0.2) is 55.8 Å². The van der Waals surface area contributed by atoms with Crippen molar-refractivity contribution in [2.24, 2.45) is 0 Å². The zero-order valence-electron chi connectivity index (χ0n) is 14.7. The summed E-state index contributed by atoms with van der Waals surface area (Å²) in [5, 5.41) is 11.9. The third-order valence-electron chi connectivity index (χ3n) is 4.74. The number of aliphatic carboxylic acids is 1. The number of carboxylic acids is 1. The molecule has 1 aromatic carbocycles. The fourth-order valence-corrected chi connectivity index (χ4v) is 4.35. The second kappa shape index (κ2) is 8.99. The summed E-state index contributed by atoms with van der Waals surface area (Å²) in [6, 6.07) is 9.15. The second-order valence-corrected chi connectivity index (χ2v) is 8.41. The fraction of sp³-hybridized carbons (Fsp3) is 0.556. The molecule has 2 N–H and O–H groups in total. The maximum absolute atomic E-state index is 12.7. The zero-order chi connectivity index (χ0) is 18.4. The molecule has 0 aliphatic carbocycles. The summed E-state index contributed by atoms with van der Waals surface area (Å²) in [7, 11) is -0.905. The lowest BCUT2D eigenvalue weighted by molar-refractivity contribution is -0.137. The number of carbonyl (C=O) groups excluding carboxylic acids is 1. The van der Waals surface area contributed by atoms with Crippen LogP contribution in [0.3, 0.4) is 0 Å². The SMILES string of the molecule is CC1C(C)S(=O)CCN1C(=O)NC(CCC(=O)O)Cc1ccccc1. The van der Waals surface area contributed by atoms with E-state index in [0.29, 0.717) is 25.1 Å². The highest BCUT2D eigenvalue weighted by molar-refractivity contribution is 7.85. The van der Waals surface area contributed by atoms with Gasteiger partial charge in [-0.3, -0.25) is 9.00 Å². The first kappa shape index (κ1) is 19.4. The lowest BCUT2D eigenvalue weighted by Crippen LogP contribution is -2.57. The third kappa shape index (κ3) is 5.56. The predicted molar refractivity (Wildman–Crippen MR) is 98.0 cm³/mol. The van der Waals surface area contributed by atoms with Crippen molar-refractivity contribution in [2.45, 2.75) is 50.4 Å². The Hall–Kier alpha value is -1.89. The van der Waals surface area contributed by atoms with Gasteiger partial charge in [-0.15, -0.1) is 0 Å². The number of nitrogens with zero attached hydrogens (tertiary/aromatic N) is 1. The Morgan fingerprint density at radius 3 is 2.64 bits per heavy atom. The molecule has 1 saturated heterocycles. The molecule has 0 aromatic heterocycles. The zero-order valence-corrected chi connectivity index (χ0v) is 15.5. The number of urea groups is 1. The summed E-state index contributed by atoms with van der Waals surface area (Å²) in [5.74, 6) is -0.389. The molecule has 0 spiro atoms. The number of carbonyl (C=O) groups is 2. The van der Waals surface area contributed by atoms with Crippen LogP contribution in [-0.2, 0) is 22.0 Å². The highest BCUT2D eigenvalue weighted by Gasteiger charge is 2.33. The van der Waals surface area contributed by atoms with Gasteiger partial charge in [0.25, 0.3) is 0 Å². The van der Waals surface area contributed by atoms with Gasteiger partial charge in [-0.2, -0.15) is 0 Å². The van der Waals surface area contributed by atoms with E-state index in [9.17, 15) is 13.8 Å². The average molecular weight is 366 g/mol. The maximum Gasteiger partial charge on any atom is 0.317 e. The molecule has 1 heterocycles. The first-order valence-corrected chi connectivity index (χ1v) is 9.96. The number of nitrogens with one attached hydrogen (secondary N) is 1. The summed E-state index contributed by atoms with van der Waals surface area (Å²) < 4.78 is 11.9. The molecule has 1 aliphatic heterocycles. The molecule has 0 radical (unpaired) electrons. The first-order chi connectivity index (χ1) is 11.9. The molecule has 1 aliphatic rings. The monoisotopic (exact) mass is 366 g/mol. The van der Waals surface area contributed by atoms with Crippen molar-refractivity contribution in [3.63, 3.8) is 0 Å². The molecule has 0 saturated carbocycles. The minimum Gasteiger partial charge on any atom is -0.481 e. The van der Waals surface area contributed by atoms with Crippen molar-refractivity contribution in [3.05, 3.63) is 35.9 Å². The number of benzene rings is 1. The molecule has 4 atom stereocenters. The lowest BCUT2D eigenvalue weighted by atomic mass is 10.0. The Labute approximate surface area is 151 Å². The predicted octanol–water partition coefficient (Wildman–Crippen LogP) is 2.01. The van der Waals surface area contributed by atoms with Crippen LogP contribution in [0.2, 0.25) is 0 Å².